The number of hydrogen-bond acceptors (Lipinski definition) is 4. The first-order chi connectivity index (χ1) is 12.2. The molecule has 0 radical (unpaired) electrons. The Kier molecular flexibility index (Phi) is 5.80. The molecule has 1 N–H and O–H groups in total. The lowest BCUT2D eigenvalue weighted by Crippen LogP contribution is -2.26. The maximum absolute atomic E-state index is 12.0. The topological polar surface area (TPSA) is 68.0 Å². The number of hydrogen-bond donors (Lipinski definition) is 1. The van der Waals surface area contributed by atoms with Crippen molar-refractivity contribution in [2.75, 3.05) is 6.54 Å². The molecule has 128 valence electrons. The highest BCUT2D eigenvalue weighted by atomic mass is 35.5. The van der Waals surface area contributed by atoms with Gasteiger partial charge in [0.25, 0.3) is 0 Å². The predicted octanol–water partition coefficient (Wildman–Crippen LogP) is 3.48. The molecule has 2 aromatic carbocycles. The van der Waals surface area contributed by atoms with E-state index in [1.807, 2.05) is 54.6 Å². The molecule has 0 saturated heterocycles. The summed E-state index contributed by atoms with van der Waals surface area (Å²) in [5, 5.41) is 11.2. The third-order valence-electron chi connectivity index (χ3n) is 3.74. The Hall–Kier alpha value is -2.66. The normalized spacial score (nSPS) is 10.6. The van der Waals surface area contributed by atoms with Gasteiger partial charge < -0.3 is 9.73 Å². The SMILES string of the molecule is O=C(NCCc1ccc(Cl)cc1)c1nnc(CCc2ccccc2)o1. The van der Waals surface area contributed by atoms with Gasteiger partial charge in [-0.2, -0.15) is 0 Å². The molecule has 0 saturated carbocycles. The summed E-state index contributed by atoms with van der Waals surface area (Å²) < 4.78 is 5.43. The molecule has 1 amide bonds. The third-order valence-corrected chi connectivity index (χ3v) is 4.00. The minimum atomic E-state index is -0.354. The second-order valence-electron chi connectivity index (χ2n) is 5.62. The third kappa shape index (κ3) is 5.16. The Morgan fingerprint density at radius 3 is 2.40 bits per heavy atom. The Balaban J connectivity index is 1.46. The Morgan fingerprint density at radius 2 is 1.64 bits per heavy atom. The molecule has 0 aliphatic heterocycles. The fourth-order valence-electron chi connectivity index (χ4n) is 2.39. The fraction of sp³-hybridized carbons (Fsp3) is 0.211. The highest BCUT2D eigenvalue weighted by molar-refractivity contribution is 6.30. The number of nitrogens with zero attached hydrogens (tertiary/aromatic N) is 2. The van der Waals surface area contributed by atoms with Gasteiger partial charge in [-0.05, 0) is 36.1 Å². The maximum Gasteiger partial charge on any atom is 0.308 e. The highest BCUT2D eigenvalue weighted by Crippen LogP contribution is 2.10. The van der Waals surface area contributed by atoms with Crippen LogP contribution in [0.5, 0.6) is 0 Å². The van der Waals surface area contributed by atoms with E-state index in [0.29, 0.717) is 30.3 Å². The van der Waals surface area contributed by atoms with E-state index in [0.717, 1.165) is 12.0 Å². The van der Waals surface area contributed by atoms with Gasteiger partial charge >= 0.3 is 11.8 Å². The Morgan fingerprint density at radius 1 is 0.920 bits per heavy atom. The summed E-state index contributed by atoms with van der Waals surface area (Å²) in [6, 6.07) is 17.6. The zero-order chi connectivity index (χ0) is 17.5. The fourth-order valence-corrected chi connectivity index (χ4v) is 2.52. The second kappa shape index (κ2) is 8.44. The molecule has 1 aromatic heterocycles. The predicted molar refractivity (Wildman–Crippen MR) is 95.6 cm³/mol. The average molecular weight is 356 g/mol. The van der Waals surface area contributed by atoms with Gasteiger partial charge in [0.1, 0.15) is 0 Å². The number of amides is 1. The van der Waals surface area contributed by atoms with E-state index in [1.54, 1.807) is 0 Å². The largest absolute Gasteiger partial charge is 0.417 e. The zero-order valence-electron chi connectivity index (χ0n) is 13.6. The summed E-state index contributed by atoms with van der Waals surface area (Å²) in [6.07, 6.45) is 2.10. The molecule has 0 fully saturated rings. The van der Waals surface area contributed by atoms with Crippen LogP contribution in [0.3, 0.4) is 0 Å². The maximum atomic E-state index is 12.0. The van der Waals surface area contributed by atoms with Crippen molar-refractivity contribution < 1.29 is 9.21 Å². The van der Waals surface area contributed by atoms with Gasteiger partial charge in [0.2, 0.25) is 5.89 Å². The molecule has 1 heterocycles. The van der Waals surface area contributed by atoms with E-state index in [1.165, 1.54) is 5.56 Å². The van der Waals surface area contributed by atoms with E-state index >= 15 is 0 Å². The lowest BCUT2D eigenvalue weighted by atomic mass is 10.1. The van der Waals surface area contributed by atoms with E-state index in [2.05, 4.69) is 15.5 Å². The number of carbonyl (C=O) groups is 1. The van der Waals surface area contributed by atoms with Crippen LogP contribution in [-0.2, 0) is 19.3 Å². The van der Waals surface area contributed by atoms with Gasteiger partial charge in [0.15, 0.2) is 0 Å². The smallest absolute Gasteiger partial charge is 0.308 e. The number of rotatable bonds is 7. The monoisotopic (exact) mass is 355 g/mol. The molecule has 0 aliphatic carbocycles. The number of carbonyl (C=O) groups excluding carboxylic acids is 1. The summed E-state index contributed by atoms with van der Waals surface area (Å²) in [4.78, 5) is 12.0. The van der Waals surface area contributed by atoms with Crippen molar-refractivity contribution in [1.29, 1.82) is 0 Å². The lowest BCUT2D eigenvalue weighted by Gasteiger charge is -2.03. The van der Waals surface area contributed by atoms with Gasteiger partial charge in [-0.3, -0.25) is 4.79 Å². The summed E-state index contributed by atoms with van der Waals surface area (Å²) in [5.41, 5.74) is 2.29. The average Bonchev–Trinajstić information content (AvgIpc) is 3.12. The molecule has 0 aliphatic rings. The lowest BCUT2D eigenvalue weighted by molar-refractivity contribution is 0.0917. The number of aryl methyl sites for hydroxylation is 2. The van der Waals surface area contributed by atoms with Crippen LogP contribution in [0.25, 0.3) is 0 Å². The van der Waals surface area contributed by atoms with Gasteiger partial charge in [-0.1, -0.05) is 54.1 Å². The quantitative estimate of drug-likeness (QED) is 0.704. The first kappa shape index (κ1) is 17.2. The van der Waals surface area contributed by atoms with Crippen LogP contribution in [0.4, 0.5) is 0 Å². The minimum absolute atomic E-state index is 0.000771. The first-order valence-corrected chi connectivity index (χ1v) is 8.47. The second-order valence-corrected chi connectivity index (χ2v) is 6.06. The van der Waals surface area contributed by atoms with Crippen molar-refractivity contribution in [3.63, 3.8) is 0 Å². The molecule has 6 heteroatoms. The van der Waals surface area contributed by atoms with Gasteiger partial charge in [0.05, 0.1) is 0 Å². The van der Waals surface area contributed by atoms with Crippen LogP contribution in [0, 0.1) is 0 Å². The van der Waals surface area contributed by atoms with Crippen molar-refractivity contribution >= 4 is 17.5 Å². The molecule has 0 bridgehead atoms. The van der Waals surface area contributed by atoms with Crippen molar-refractivity contribution in [1.82, 2.24) is 15.5 Å². The van der Waals surface area contributed by atoms with Crippen LogP contribution < -0.4 is 5.32 Å². The van der Waals surface area contributed by atoms with Crippen molar-refractivity contribution in [2.45, 2.75) is 19.3 Å². The summed E-state index contributed by atoms with van der Waals surface area (Å²) in [5.74, 6) is 0.110. The molecular formula is C19H18ClN3O2. The molecule has 3 rings (SSSR count). The standard InChI is InChI=1S/C19H18ClN3O2/c20-16-9-6-15(7-10-16)12-13-21-18(24)19-23-22-17(25-19)11-8-14-4-2-1-3-5-14/h1-7,9-10H,8,11-13H2,(H,21,24). The van der Waals surface area contributed by atoms with Crippen molar-refractivity contribution in [2.24, 2.45) is 0 Å². The molecule has 3 aromatic rings. The summed E-state index contributed by atoms with van der Waals surface area (Å²) in [6.45, 7) is 0.488. The number of aromatic nitrogens is 2. The minimum Gasteiger partial charge on any atom is -0.417 e. The molecule has 25 heavy (non-hydrogen) atoms. The van der Waals surface area contributed by atoms with Gasteiger partial charge in [0, 0.05) is 18.0 Å². The van der Waals surface area contributed by atoms with Crippen LogP contribution in [0.15, 0.2) is 59.0 Å². The molecule has 0 spiro atoms. The zero-order valence-corrected chi connectivity index (χ0v) is 14.4. The highest BCUT2D eigenvalue weighted by Gasteiger charge is 2.14. The van der Waals surface area contributed by atoms with Crippen LogP contribution in [0.1, 0.15) is 27.7 Å². The number of nitrogens with one attached hydrogen (secondary N) is 1. The van der Waals surface area contributed by atoms with Crippen LogP contribution >= 0.6 is 11.6 Å². The van der Waals surface area contributed by atoms with Crippen molar-refractivity contribution in [3.05, 3.63) is 82.5 Å². The van der Waals surface area contributed by atoms with Gasteiger partial charge in [-0.25, -0.2) is 0 Å². The van der Waals surface area contributed by atoms with Crippen LogP contribution in [0.2, 0.25) is 5.02 Å². The van der Waals surface area contributed by atoms with Crippen molar-refractivity contribution in [3.8, 4) is 0 Å². The summed E-state index contributed by atoms with van der Waals surface area (Å²) >= 11 is 5.85. The summed E-state index contributed by atoms with van der Waals surface area (Å²) in [7, 11) is 0. The Labute approximate surface area is 151 Å². The van der Waals surface area contributed by atoms with E-state index in [-0.39, 0.29) is 11.8 Å². The molecule has 5 nitrogen and oxygen atoms in total. The Bertz CT molecular complexity index is 816. The first-order valence-electron chi connectivity index (χ1n) is 8.09. The van der Waals surface area contributed by atoms with Gasteiger partial charge in [-0.15, -0.1) is 10.2 Å². The van der Waals surface area contributed by atoms with Crippen LogP contribution in [-0.4, -0.2) is 22.6 Å². The van der Waals surface area contributed by atoms with E-state index in [9.17, 15) is 4.79 Å². The molecule has 0 unspecified atom stereocenters. The molecule has 0 atom stereocenters. The number of benzene rings is 2. The number of halogens is 1. The molecular weight excluding hydrogens is 338 g/mol. The van der Waals surface area contributed by atoms with E-state index < -0.39 is 0 Å². The van der Waals surface area contributed by atoms with E-state index in [4.69, 9.17) is 16.0 Å².